The highest BCUT2D eigenvalue weighted by molar-refractivity contribution is 8.00. The summed E-state index contributed by atoms with van der Waals surface area (Å²) in [6.45, 7) is 4.02. The Bertz CT molecular complexity index is 643. The molecule has 8 heteroatoms. The summed E-state index contributed by atoms with van der Waals surface area (Å²) in [5.41, 5.74) is 0. The minimum absolute atomic E-state index is 0.193. The topological polar surface area (TPSA) is 94.3 Å². The number of esters is 1. The average molecular weight is 335 g/mol. The Labute approximate surface area is 137 Å². The number of rotatable bonds is 7. The molecule has 2 rings (SSSR count). The minimum atomic E-state index is -0.400. The fourth-order valence-corrected chi connectivity index (χ4v) is 2.57. The Kier molecular flexibility index (Phi) is 6.16. The van der Waals surface area contributed by atoms with Crippen molar-refractivity contribution in [2.24, 2.45) is 0 Å². The second-order valence-corrected chi connectivity index (χ2v) is 5.68. The van der Waals surface area contributed by atoms with E-state index >= 15 is 0 Å². The molecule has 0 radical (unpaired) electrons. The number of carbonyl (C=O) groups excluding carboxylic acids is 2. The molecule has 122 valence electrons. The summed E-state index contributed by atoms with van der Waals surface area (Å²) < 4.78 is 10.0. The van der Waals surface area contributed by atoms with Crippen molar-refractivity contribution in [1.82, 2.24) is 10.2 Å². The fourth-order valence-electron chi connectivity index (χ4n) is 1.71. The lowest BCUT2D eigenvalue weighted by atomic mass is 10.3. The predicted octanol–water partition coefficient (Wildman–Crippen LogP) is 2.76. The van der Waals surface area contributed by atoms with E-state index in [-0.39, 0.29) is 17.0 Å². The molecule has 2 heterocycles. The van der Waals surface area contributed by atoms with E-state index in [4.69, 9.17) is 9.15 Å². The normalized spacial score (nSPS) is 11.7. The molecule has 2 aromatic heterocycles. The van der Waals surface area contributed by atoms with Crippen LogP contribution in [0.3, 0.4) is 0 Å². The molecule has 0 aromatic carbocycles. The van der Waals surface area contributed by atoms with Gasteiger partial charge in [0.2, 0.25) is 0 Å². The molecule has 7 nitrogen and oxygen atoms in total. The average Bonchev–Trinajstić information content (AvgIpc) is 3.09. The van der Waals surface area contributed by atoms with Gasteiger partial charge in [0.25, 0.3) is 5.91 Å². The van der Waals surface area contributed by atoms with Crippen LogP contribution in [0.1, 0.15) is 30.8 Å². The number of hydrogen-bond acceptors (Lipinski definition) is 7. The van der Waals surface area contributed by atoms with Crippen molar-refractivity contribution < 1.29 is 18.7 Å². The maximum Gasteiger partial charge on any atom is 0.319 e. The zero-order chi connectivity index (χ0) is 16.7. The van der Waals surface area contributed by atoms with Crippen molar-refractivity contribution >= 4 is 29.5 Å². The van der Waals surface area contributed by atoms with E-state index in [0.29, 0.717) is 23.9 Å². The van der Waals surface area contributed by atoms with Crippen LogP contribution < -0.4 is 5.32 Å². The van der Waals surface area contributed by atoms with E-state index in [1.54, 1.807) is 31.2 Å². The number of thioether (sulfide) groups is 1. The predicted molar refractivity (Wildman–Crippen MR) is 85.3 cm³/mol. The SMILES string of the molecule is CCOC(=O)C(CC)Sc1ccc(NC(=O)c2ccco2)nn1. The largest absolute Gasteiger partial charge is 0.465 e. The van der Waals surface area contributed by atoms with E-state index in [1.165, 1.54) is 18.0 Å². The Hall–Kier alpha value is -2.35. The van der Waals surface area contributed by atoms with E-state index in [1.807, 2.05) is 6.92 Å². The van der Waals surface area contributed by atoms with Crippen LogP contribution in [0.2, 0.25) is 0 Å². The first-order chi connectivity index (χ1) is 11.1. The summed E-state index contributed by atoms with van der Waals surface area (Å²) >= 11 is 1.28. The van der Waals surface area contributed by atoms with Gasteiger partial charge >= 0.3 is 5.97 Å². The molecule has 0 saturated carbocycles. The van der Waals surface area contributed by atoms with Gasteiger partial charge in [0, 0.05) is 0 Å². The van der Waals surface area contributed by atoms with E-state index < -0.39 is 5.91 Å². The van der Waals surface area contributed by atoms with Crippen molar-refractivity contribution in [3.8, 4) is 0 Å². The number of nitrogens with one attached hydrogen (secondary N) is 1. The fraction of sp³-hybridized carbons (Fsp3) is 0.333. The lowest BCUT2D eigenvalue weighted by molar-refractivity contribution is -0.142. The number of hydrogen-bond donors (Lipinski definition) is 1. The van der Waals surface area contributed by atoms with Gasteiger partial charge < -0.3 is 14.5 Å². The van der Waals surface area contributed by atoms with Gasteiger partial charge in [-0.25, -0.2) is 0 Å². The molecule has 0 aliphatic heterocycles. The standard InChI is InChI=1S/C15H17N3O4S/c1-3-11(15(20)21-4-2)23-13-8-7-12(17-18-13)16-14(19)10-6-5-9-22-10/h5-9,11H,3-4H2,1-2H3,(H,16,17,19). The molecule has 1 unspecified atom stereocenters. The van der Waals surface area contributed by atoms with Gasteiger partial charge in [-0.05, 0) is 37.6 Å². The van der Waals surface area contributed by atoms with Crippen LogP contribution in [-0.2, 0) is 9.53 Å². The monoisotopic (exact) mass is 335 g/mol. The van der Waals surface area contributed by atoms with E-state index in [0.717, 1.165) is 0 Å². The summed E-state index contributed by atoms with van der Waals surface area (Å²) in [6, 6.07) is 6.49. The zero-order valence-corrected chi connectivity index (χ0v) is 13.6. The minimum Gasteiger partial charge on any atom is -0.465 e. The third-order valence-electron chi connectivity index (χ3n) is 2.81. The molecule has 0 bridgehead atoms. The van der Waals surface area contributed by atoms with Gasteiger partial charge in [0.05, 0.1) is 12.9 Å². The number of anilines is 1. The summed E-state index contributed by atoms with van der Waals surface area (Å²) in [5.74, 6) is -0.168. The Morgan fingerprint density at radius 1 is 1.30 bits per heavy atom. The molecule has 0 aliphatic rings. The summed E-state index contributed by atoms with van der Waals surface area (Å²) in [5, 5.41) is 10.8. The Morgan fingerprint density at radius 2 is 2.13 bits per heavy atom. The summed E-state index contributed by atoms with van der Waals surface area (Å²) in [6.07, 6.45) is 2.04. The Balaban J connectivity index is 1.96. The van der Waals surface area contributed by atoms with Gasteiger partial charge in [-0.1, -0.05) is 18.7 Å². The maximum absolute atomic E-state index is 11.8. The van der Waals surface area contributed by atoms with Crippen LogP contribution >= 0.6 is 11.8 Å². The van der Waals surface area contributed by atoms with Gasteiger partial charge in [-0.15, -0.1) is 10.2 Å². The molecule has 1 N–H and O–H groups in total. The third kappa shape index (κ3) is 4.82. The highest BCUT2D eigenvalue weighted by Crippen LogP contribution is 2.24. The van der Waals surface area contributed by atoms with Crippen molar-refractivity contribution in [2.75, 3.05) is 11.9 Å². The molecule has 2 aromatic rings. The molecular weight excluding hydrogens is 318 g/mol. The quantitative estimate of drug-likeness (QED) is 0.614. The highest BCUT2D eigenvalue weighted by atomic mass is 32.2. The van der Waals surface area contributed by atoms with Crippen molar-refractivity contribution in [3.05, 3.63) is 36.3 Å². The third-order valence-corrected chi connectivity index (χ3v) is 4.08. The molecule has 1 atom stereocenters. The second kappa shape index (κ2) is 8.33. The summed E-state index contributed by atoms with van der Waals surface area (Å²) in [4.78, 5) is 23.6. The van der Waals surface area contributed by atoms with Gasteiger partial charge in [0.1, 0.15) is 10.3 Å². The Morgan fingerprint density at radius 3 is 2.70 bits per heavy atom. The van der Waals surface area contributed by atoms with Crippen molar-refractivity contribution in [3.63, 3.8) is 0 Å². The first-order valence-corrected chi connectivity index (χ1v) is 8.03. The highest BCUT2D eigenvalue weighted by Gasteiger charge is 2.20. The van der Waals surface area contributed by atoms with Gasteiger partial charge in [-0.2, -0.15) is 0 Å². The first kappa shape index (κ1) is 17.0. The molecule has 0 spiro atoms. The van der Waals surface area contributed by atoms with Gasteiger partial charge in [-0.3, -0.25) is 9.59 Å². The number of nitrogens with zero attached hydrogens (tertiary/aromatic N) is 2. The van der Waals surface area contributed by atoms with Crippen LogP contribution in [0.4, 0.5) is 5.82 Å². The van der Waals surface area contributed by atoms with E-state index in [2.05, 4.69) is 15.5 Å². The molecular formula is C15H17N3O4S. The van der Waals surface area contributed by atoms with Crippen molar-refractivity contribution in [2.45, 2.75) is 30.5 Å². The van der Waals surface area contributed by atoms with E-state index in [9.17, 15) is 9.59 Å². The number of carbonyl (C=O) groups is 2. The maximum atomic E-state index is 11.8. The van der Waals surface area contributed by atoms with Crippen LogP contribution in [0, 0.1) is 0 Å². The smallest absolute Gasteiger partial charge is 0.319 e. The molecule has 0 saturated heterocycles. The lowest BCUT2D eigenvalue weighted by Crippen LogP contribution is -2.19. The first-order valence-electron chi connectivity index (χ1n) is 7.16. The number of amides is 1. The number of furan rings is 1. The number of aromatic nitrogens is 2. The lowest BCUT2D eigenvalue weighted by Gasteiger charge is -2.12. The van der Waals surface area contributed by atoms with Crippen LogP contribution in [0.5, 0.6) is 0 Å². The van der Waals surface area contributed by atoms with Crippen LogP contribution in [-0.4, -0.2) is 33.9 Å². The second-order valence-electron chi connectivity index (χ2n) is 4.46. The van der Waals surface area contributed by atoms with Crippen LogP contribution in [0.25, 0.3) is 0 Å². The summed E-state index contributed by atoms with van der Waals surface area (Å²) in [7, 11) is 0. The molecule has 0 fully saturated rings. The molecule has 1 amide bonds. The van der Waals surface area contributed by atoms with Gasteiger partial charge in [0.15, 0.2) is 11.6 Å². The molecule has 0 aliphatic carbocycles. The zero-order valence-electron chi connectivity index (χ0n) is 12.8. The van der Waals surface area contributed by atoms with Crippen LogP contribution in [0.15, 0.2) is 40.0 Å². The molecule has 23 heavy (non-hydrogen) atoms. The van der Waals surface area contributed by atoms with Crippen molar-refractivity contribution in [1.29, 1.82) is 0 Å². The number of ether oxygens (including phenoxy) is 1.